The van der Waals surface area contributed by atoms with Crippen LogP contribution in [-0.4, -0.2) is 23.3 Å². The zero-order valence-electron chi connectivity index (χ0n) is 15.1. The van der Waals surface area contributed by atoms with Crippen molar-refractivity contribution in [2.45, 2.75) is 49.3 Å². The number of rotatable bonds is 4. The minimum atomic E-state index is -1.01. The van der Waals surface area contributed by atoms with Crippen molar-refractivity contribution in [2.75, 3.05) is 12.4 Å². The number of ether oxygens (including phenoxy) is 1. The molecule has 0 unspecified atom stereocenters. The molecule has 1 N–H and O–H groups in total. The summed E-state index contributed by atoms with van der Waals surface area (Å²) in [5.41, 5.74) is -0.650. The molecule has 0 radical (unpaired) electrons. The molecule has 2 atom stereocenters. The molecule has 4 fully saturated rings. The topological polar surface area (TPSA) is 55.4 Å². The molecule has 7 heteroatoms. The number of hydrogen-bond donors (Lipinski definition) is 1. The number of nitrogens with one attached hydrogen (secondary N) is 1. The fourth-order valence-corrected chi connectivity index (χ4v) is 7.50. The molecule has 4 nitrogen and oxygen atoms in total. The van der Waals surface area contributed by atoms with Crippen LogP contribution in [0.1, 0.15) is 55.3 Å². The standard InChI is InChI=1S/C20H22BrF2NO3/c1-27-18(26)13-3-16(15(23)4-14(13)22)24-17(25)9-19-5-11-2-12(6-19)8-20(21,7-11)10-19/h3-4,11-12H,2,5-10H2,1H3,(H,24,25)/t11-,12-,19?,20?/m1/s1. The van der Waals surface area contributed by atoms with Gasteiger partial charge in [-0.25, -0.2) is 13.6 Å². The van der Waals surface area contributed by atoms with E-state index in [9.17, 15) is 18.4 Å². The average molecular weight is 442 g/mol. The summed E-state index contributed by atoms with van der Waals surface area (Å²) in [4.78, 5) is 24.3. The van der Waals surface area contributed by atoms with Crippen LogP contribution in [0.15, 0.2) is 12.1 Å². The van der Waals surface area contributed by atoms with Gasteiger partial charge in [-0.2, -0.15) is 0 Å². The summed E-state index contributed by atoms with van der Waals surface area (Å²) in [7, 11) is 1.12. The Balaban J connectivity index is 1.51. The van der Waals surface area contributed by atoms with Gasteiger partial charge in [-0.15, -0.1) is 0 Å². The second-order valence-corrected chi connectivity index (χ2v) is 10.3. The highest BCUT2D eigenvalue weighted by atomic mass is 79.9. The van der Waals surface area contributed by atoms with Gasteiger partial charge < -0.3 is 10.1 Å². The predicted molar refractivity (Wildman–Crippen MR) is 99.7 cm³/mol. The Morgan fingerprint density at radius 2 is 1.85 bits per heavy atom. The van der Waals surface area contributed by atoms with Gasteiger partial charge >= 0.3 is 5.97 Å². The molecular formula is C20H22BrF2NO3. The van der Waals surface area contributed by atoms with E-state index in [0.29, 0.717) is 24.3 Å². The summed E-state index contributed by atoms with van der Waals surface area (Å²) in [6.07, 6.45) is 6.92. The molecule has 0 aromatic heterocycles. The molecule has 27 heavy (non-hydrogen) atoms. The molecule has 1 aromatic rings. The van der Waals surface area contributed by atoms with E-state index in [1.54, 1.807) is 0 Å². The number of hydrogen-bond acceptors (Lipinski definition) is 3. The Morgan fingerprint density at radius 3 is 2.44 bits per heavy atom. The molecular weight excluding hydrogens is 420 g/mol. The zero-order chi connectivity index (χ0) is 19.4. The van der Waals surface area contributed by atoms with Crippen molar-refractivity contribution in [3.63, 3.8) is 0 Å². The Hall–Kier alpha value is -1.50. The third-order valence-electron chi connectivity index (χ3n) is 6.38. The maximum atomic E-state index is 14.1. The van der Waals surface area contributed by atoms with Crippen LogP contribution in [0.3, 0.4) is 0 Å². The highest BCUT2D eigenvalue weighted by Crippen LogP contribution is 2.65. The van der Waals surface area contributed by atoms with Crippen LogP contribution in [-0.2, 0) is 9.53 Å². The summed E-state index contributed by atoms with van der Waals surface area (Å²) in [5, 5.41) is 2.54. The first-order valence-electron chi connectivity index (χ1n) is 9.27. The van der Waals surface area contributed by atoms with E-state index in [4.69, 9.17) is 0 Å². The number of esters is 1. The van der Waals surface area contributed by atoms with Crippen molar-refractivity contribution >= 4 is 33.5 Å². The summed E-state index contributed by atoms with van der Waals surface area (Å²) < 4.78 is 32.5. The first-order chi connectivity index (χ1) is 12.7. The van der Waals surface area contributed by atoms with E-state index >= 15 is 0 Å². The molecule has 146 valence electrons. The first kappa shape index (κ1) is 18.8. The second-order valence-electron chi connectivity index (χ2n) is 8.64. The van der Waals surface area contributed by atoms with Gasteiger partial charge in [0, 0.05) is 16.8 Å². The van der Waals surface area contributed by atoms with E-state index < -0.39 is 23.2 Å². The molecule has 0 saturated heterocycles. The third kappa shape index (κ3) is 3.50. The van der Waals surface area contributed by atoms with Crippen LogP contribution >= 0.6 is 15.9 Å². The maximum Gasteiger partial charge on any atom is 0.340 e. The molecule has 0 spiro atoms. The Kier molecular flexibility index (Phi) is 4.56. The lowest BCUT2D eigenvalue weighted by Crippen LogP contribution is -2.53. The molecule has 0 aliphatic heterocycles. The number of carbonyl (C=O) groups is 2. The molecule has 4 aliphatic rings. The molecule has 4 saturated carbocycles. The van der Waals surface area contributed by atoms with Crippen LogP contribution in [0.5, 0.6) is 0 Å². The molecule has 4 bridgehead atoms. The highest BCUT2D eigenvalue weighted by Gasteiger charge is 2.57. The predicted octanol–water partition coefficient (Wildman–Crippen LogP) is 4.81. The van der Waals surface area contributed by atoms with E-state index in [2.05, 4.69) is 26.0 Å². The van der Waals surface area contributed by atoms with Gasteiger partial charge in [0.25, 0.3) is 0 Å². The second kappa shape index (κ2) is 6.54. The lowest BCUT2D eigenvalue weighted by atomic mass is 9.48. The smallest absolute Gasteiger partial charge is 0.340 e. The quantitative estimate of drug-likeness (QED) is 0.538. The number of carbonyl (C=O) groups excluding carboxylic acids is 2. The fourth-order valence-electron chi connectivity index (χ4n) is 5.99. The minimum Gasteiger partial charge on any atom is -0.465 e. The summed E-state index contributed by atoms with van der Waals surface area (Å²) in [5.74, 6) is -1.84. The summed E-state index contributed by atoms with van der Waals surface area (Å²) in [6, 6.07) is 1.60. The van der Waals surface area contributed by atoms with Crippen molar-refractivity contribution in [2.24, 2.45) is 17.3 Å². The van der Waals surface area contributed by atoms with Crippen molar-refractivity contribution in [3.05, 3.63) is 29.3 Å². The zero-order valence-corrected chi connectivity index (χ0v) is 16.7. The van der Waals surface area contributed by atoms with Crippen molar-refractivity contribution in [1.82, 2.24) is 0 Å². The number of benzene rings is 1. The molecule has 5 rings (SSSR count). The number of methoxy groups -OCH3 is 1. The number of halogens is 3. The van der Waals surface area contributed by atoms with E-state index in [1.165, 1.54) is 19.3 Å². The van der Waals surface area contributed by atoms with E-state index in [1.807, 2.05) is 0 Å². The van der Waals surface area contributed by atoms with Crippen molar-refractivity contribution in [1.29, 1.82) is 0 Å². The van der Waals surface area contributed by atoms with Crippen LogP contribution in [0.25, 0.3) is 0 Å². The lowest BCUT2D eigenvalue weighted by Gasteiger charge is -2.60. The average Bonchev–Trinajstić information content (AvgIpc) is 2.53. The maximum absolute atomic E-state index is 14.1. The number of amides is 1. The molecule has 1 aromatic carbocycles. The van der Waals surface area contributed by atoms with Gasteiger partial charge in [0.05, 0.1) is 18.4 Å². The van der Waals surface area contributed by atoms with Crippen LogP contribution in [0.2, 0.25) is 0 Å². The van der Waals surface area contributed by atoms with Gasteiger partial charge in [0.1, 0.15) is 11.6 Å². The van der Waals surface area contributed by atoms with Crippen LogP contribution in [0, 0.1) is 28.9 Å². The normalized spacial score (nSPS) is 33.8. The first-order valence-corrected chi connectivity index (χ1v) is 10.1. The molecule has 1 amide bonds. The Bertz CT molecular complexity index is 799. The van der Waals surface area contributed by atoms with Crippen molar-refractivity contribution in [3.8, 4) is 0 Å². The number of alkyl halides is 1. The van der Waals surface area contributed by atoms with E-state index in [-0.39, 0.29) is 21.3 Å². The lowest BCUT2D eigenvalue weighted by molar-refractivity contribution is -0.123. The van der Waals surface area contributed by atoms with Crippen LogP contribution < -0.4 is 5.32 Å². The third-order valence-corrected chi connectivity index (χ3v) is 7.31. The van der Waals surface area contributed by atoms with Gasteiger partial charge in [-0.1, -0.05) is 15.9 Å². The van der Waals surface area contributed by atoms with Crippen molar-refractivity contribution < 1.29 is 23.1 Å². The summed E-state index contributed by atoms with van der Waals surface area (Å²) >= 11 is 3.92. The van der Waals surface area contributed by atoms with Gasteiger partial charge in [0.15, 0.2) is 0 Å². The van der Waals surface area contributed by atoms with Gasteiger partial charge in [-0.05, 0) is 61.8 Å². The number of anilines is 1. The van der Waals surface area contributed by atoms with Gasteiger partial charge in [0.2, 0.25) is 5.91 Å². The Morgan fingerprint density at radius 1 is 1.19 bits per heavy atom. The minimum absolute atomic E-state index is 0.0562. The Labute approximate surface area is 165 Å². The molecule has 4 aliphatic carbocycles. The monoisotopic (exact) mass is 441 g/mol. The molecule has 0 heterocycles. The fraction of sp³-hybridized carbons (Fsp3) is 0.600. The SMILES string of the molecule is COC(=O)c1cc(NC(=O)CC23C[C@H]4C[C@@H](CC(Br)(C4)C2)C3)c(F)cc1F. The van der Waals surface area contributed by atoms with E-state index in [0.717, 1.165) is 32.4 Å². The largest absolute Gasteiger partial charge is 0.465 e. The van der Waals surface area contributed by atoms with Crippen LogP contribution in [0.4, 0.5) is 14.5 Å². The van der Waals surface area contributed by atoms with Gasteiger partial charge in [-0.3, -0.25) is 4.79 Å². The summed E-state index contributed by atoms with van der Waals surface area (Å²) in [6.45, 7) is 0. The highest BCUT2D eigenvalue weighted by molar-refractivity contribution is 9.10.